The summed E-state index contributed by atoms with van der Waals surface area (Å²) < 4.78 is 5.48. The zero-order valence-electron chi connectivity index (χ0n) is 14.7. The molecule has 132 valence electrons. The molecule has 0 spiro atoms. The number of pyridine rings is 1. The molecule has 0 aliphatic heterocycles. The Balaban J connectivity index is 0.00000484. The van der Waals surface area contributed by atoms with Crippen LogP contribution in [0.3, 0.4) is 0 Å². The maximum atomic E-state index is 5.96. The second-order valence-electron chi connectivity index (χ2n) is 5.97. The first-order chi connectivity index (χ1) is 10.5. The first-order valence-corrected chi connectivity index (χ1v) is 8.16. The number of nitrogens with two attached hydrogens (primary N) is 1. The lowest BCUT2D eigenvalue weighted by atomic mass is 10.0. The Kier molecular flexibility index (Phi) is 11.8. The molecule has 1 atom stereocenters. The van der Waals surface area contributed by atoms with Crippen LogP contribution in [0, 0.1) is 5.92 Å². The maximum absolute atomic E-state index is 5.96. The summed E-state index contributed by atoms with van der Waals surface area (Å²) in [5, 5.41) is 3.24. The summed E-state index contributed by atoms with van der Waals surface area (Å²) in [5.74, 6) is 1.86. The Morgan fingerprint density at radius 1 is 1.35 bits per heavy atom. The van der Waals surface area contributed by atoms with Gasteiger partial charge in [0, 0.05) is 17.8 Å². The highest BCUT2D eigenvalue weighted by Crippen LogP contribution is 2.15. The predicted octanol–water partition coefficient (Wildman–Crippen LogP) is 3.72. The van der Waals surface area contributed by atoms with Crippen molar-refractivity contribution in [1.29, 1.82) is 0 Å². The molecule has 0 saturated carbocycles. The van der Waals surface area contributed by atoms with E-state index in [0.29, 0.717) is 31.0 Å². The van der Waals surface area contributed by atoms with Crippen molar-refractivity contribution in [2.75, 3.05) is 6.61 Å². The number of guanidine groups is 1. The number of nitrogens with one attached hydrogen (secondary N) is 1. The number of aliphatic imine (C=N–C) groups is 1. The van der Waals surface area contributed by atoms with Crippen LogP contribution in [0.1, 0.15) is 52.5 Å². The molecule has 5 nitrogen and oxygen atoms in total. The number of ether oxygens (including phenoxy) is 1. The molecule has 23 heavy (non-hydrogen) atoms. The molecule has 0 aliphatic rings. The van der Waals surface area contributed by atoms with E-state index in [9.17, 15) is 0 Å². The molecule has 0 saturated heterocycles. The summed E-state index contributed by atoms with van der Waals surface area (Å²) in [6, 6.07) is 4.18. The van der Waals surface area contributed by atoms with Gasteiger partial charge in [-0.1, -0.05) is 32.8 Å². The zero-order chi connectivity index (χ0) is 16.4. The highest BCUT2D eigenvalue weighted by atomic mass is 127. The van der Waals surface area contributed by atoms with Crippen molar-refractivity contribution in [3.8, 4) is 5.88 Å². The van der Waals surface area contributed by atoms with E-state index in [0.717, 1.165) is 17.9 Å². The lowest BCUT2D eigenvalue weighted by Crippen LogP contribution is -2.38. The number of nitrogens with zero attached hydrogens (tertiary/aromatic N) is 2. The molecule has 0 aromatic carbocycles. The van der Waals surface area contributed by atoms with Crippen molar-refractivity contribution in [3.05, 3.63) is 23.9 Å². The second kappa shape index (κ2) is 12.4. The minimum absolute atomic E-state index is 0. The topological polar surface area (TPSA) is 72.5 Å². The van der Waals surface area contributed by atoms with Gasteiger partial charge in [0.1, 0.15) is 0 Å². The molecule has 0 amide bonds. The van der Waals surface area contributed by atoms with Crippen LogP contribution < -0.4 is 15.8 Å². The molecule has 1 unspecified atom stereocenters. The predicted molar refractivity (Wildman–Crippen MR) is 107 cm³/mol. The Morgan fingerprint density at radius 2 is 2.09 bits per heavy atom. The third-order valence-corrected chi connectivity index (χ3v) is 3.36. The number of halogens is 1. The van der Waals surface area contributed by atoms with Gasteiger partial charge in [-0.2, -0.15) is 0 Å². The third kappa shape index (κ3) is 9.63. The van der Waals surface area contributed by atoms with Gasteiger partial charge in [0.05, 0.1) is 13.2 Å². The quantitative estimate of drug-likeness (QED) is 0.353. The van der Waals surface area contributed by atoms with Gasteiger partial charge in [0.15, 0.2) is 5.96 Å². The van der Waals surface area contributed by atoms with Crippen LogP contribution in [-0.2, 0) is 6.54 Å². The van der Waals surface area contributed by atoms with Crippen molar-refractivity contribution in [1.82, 2.24) is 10.3 Å². The molecule has 6 heteroatoms. The van der Waals surface area contributed by atoms with Crippen LogP contribution in [0.5, 0.6) is 5.88 Å². The van der Waals surface area contributed by atoms with Crippen LogP contribution in [0.4, 0.5) is 0 Å². The summed E-state index contributed by atoms with van der Waals surface area (Å²) in [7, 11) is 0. The highest BCUT2D eigenvalue weighted by molar-refractivity contribution is 14.0. The molecule has 0 aliphatic carbocycles. The number of hydrogen-bond donors (Lipinski definition) is 2. The second-order valence-corrected chi connectivity index (χ2v) is 5.97. The molecule has 1 aromatic heterocycles. The molecule has 0 radical (unpaired) electrons. The summed E-state index contributed by atoms with van der Waals surface area (Å²) in [4.78, 5) is 8.60. The molecule has 1 aromatic rings. The SMILES string of the molecule is CCOc1ncccc1CN=C(N)NC(C)CCCC(C)C.I. The van der Waals surface area contributed by atoms with Gasteiger partial charge in [-0.15, -0.1) is 24.0 Å². The van der Waals surface area contributed by atoms with E-state index in [1.807, 2.05) is 19.1 Å². The smallest absolute Gasteiger partial charge is 0.218 e. The number of rotatable bonds is 9. The van der Waals surface area contributed by atoms with E-state index in [-0.39, 0.29) is 24.0 Å². The minimum Gasteiger partial charge on any atom is -0.478 e. The van der Waals surface area contributed by atoms with Gasteiger partial charge in [0.2, 0.25) is 5.88 Å². The molecular weight excluding hydrogens is 403 g/mol. The fourth-order valence-corrected chi connectivity index (χ4v) is 2.18. The van der Waals surface area contributed by atoms with Crippen molar-refractivity contribution >= 4 is 29.9 Å². The molecule has 3 N–H and O–H groups in total. The van der Waals surface area contributed by atoms with Gasteiger partial charge in [-0.05, 0) is 32.3 Å². The van der Waals surface area contributed by atoms with Crippen LogP contribution in [-0.4, -0.2) is 23.6 Å². The number of aromatic nitrogens is 1. The van der Waals surface area contributed by atoms with E-state index in [4.69, 9.17) is 10.5 Å². The average Bonchev–Trinajstić information content (AvgIpc) is 2.46. The van der Waals surface area contributed by atoms with E-state index < -0.39 is 0 Å². The lowest BCUT2D eigenvalue weighted by Gasteiger charge is -2.15. The summed E-state index contributed by atoms with van der Waals surface area (Å²) in [6.07, 6.45) is 5.27. The van der Waals surface area contributed by atoms with Crippen LogP contribution >= 0.6 is 24.0 Å². The molecule has 0 bridgehead atoms. The average molecular weight is 434 g/mol. The standard InChI is InChI=1S/C17H30N4O.HI/c1-5-22-16-15(10-7-11-19-16)12-20-17(18)21-14(4)9-6-8-13(2)3;/h7,10-11,13-14H,5-6,8-9,12H2,1-4H3,(H3,18,20,21);1H. The maximum Gasteiger partial charge on any atom is 0.218 e. The summed E-state index contributed by atoms with van der Waals surface area (Å²) in [6.45, 7) is 9.64. The Bertz CT molecular complexity index is 466. The first-order valence-electron chi connectivity index (χ1n) is 8.16. The van der Waals surface area contributed by atoms with Crippen LogP contribution in [0.25, 0.3) is 0 Å². The monoisotopic (exact) mass is 434 g/mol. The normalized spacial score (nSPS) is 12.7. The lowest BCUT2D eigenvalue weighted by molar-refractivity contribution is 0.323. The molecular formula is C17H31IN4O. The highest BCUT2D eigenvalue weighted by Gasteiger charge is 2.06. The largest absolute Gasteiger partial charge is 0.478 e. The van der Waals surface area contributed by atoms with Crippen molar-refractivity contribution in [3.63, 3.8) is 0 Å². The van der Waals surface area contributed by atoms with Gasteiger partial charge >= 0.3 is 0 Å². The van der Waals surface area contributed by atoms with Crippen molar-refractivity contribution < 1.29 is 4.74 Å². The van der Waals surface area contributed by atoms with Gasteiger partial charge in [0.25, 0.3) is 0 Å². The van der Waals surface area contributed by atoms with Crippen molar-refractivity contribution in [2.45, 2.75) is 59.5 Å². The van der Waals surface area contributed by atoms with E-state index in [1.54, 1.807) is 6.20 Å². The minimum atomic E-state index is 0. The van der Waals surface area contributed by atoms with Gasteiger partial charge in [-0.25, -0.2) is 9.98 Å². The Hall–Kier alpha value is -1.05. The van der Waals surface area contributed by atoms with E-state index >= 15 is 0 Å². The molecule has 1 heterocycles. The first kappa shape index (κ1) is 21.9. The van der Waals surface area contributed by atoms with Crippen LogP contribution in [0.2, 0.25) is 0 Å². The fourth-order valence-electron chi connectivity index (χ4n) is 2.18. The zero-order valence-corrected chi connectivity index (χ0v) is 17.0. The van der Waals surface area contributed by atoms with E-state index in [1.165, 1.54) is 12.8 Å². The third-order valence-electron chi connectivity index (χ3n) is 3.36. The summed E-state index contributed by atoms with van der Waals surface area (Å²) >= 11 is 0. The van der Waals surface area contributed by atoms with E-state index in [2.05, 4.69) is 36.1 Å². The fraction of sp³-hybridized carbons (Fsp3) is 0.647. The number of hydrogen-bond acceptors (Lipinski definition) is 3. The van der Waals surface area contributed by atoms with Gasteiger partial charge < -0.3 is 15.8 Å². The van der Waals surface area contributed by atoms with Crippen molar-refractivity contribution in [2.24, 2.45) is 16.6 Å². The molecule has 1 rings (SSSR count). The van der Waals surface area contributed by atoms with Gasteiger partial charge in [-0.3, -0.25) is 0 Å². The Morgan fingerprint density at radius 3 is 2.74 bits per heavy atom. The van der Waals surface area contributed by atoms with Crippen LogP contribution in [0.15, 0.2) is 23.3 Å². The molecule has 0 fully saturated rings. The summed E-state index contributed by atoms with van der Waals surface area (Å²) in [5.41, 5.74) is 6.90. The Labute approximate surface area is 157 Å².